The third kappa shape index (κ3) is 6.38. The van der Waals surface area contributed by atoms with Gasteiger partial charge in [0, 0.05) is 45.0 Å². The number of guanidine groups is 1. The molecular weight excluding hydrogens is 463 g/mol. The summed E-state index contributed by atoms with van der Waals surface area (Å²) in [4.78, 5) is 7.12. The largest absolute Gasteiger partial charge is 0.352 e. The number of aliphatic imine (C=N–C) groups is 1. The molecule has 0 radical (unpaired) electrons. The van der Waals surface area contributed by atoms with Crippen molar-refractivity contribution in [1.82, 2.24) is 15.5 Å². The molecule has 6 nitrogen and oxygen atoms in total. The first-order chi connectivity index (χ1) is 11.7. The molecule has 0 amide bonds. The number of hydrogen-bond donors (Lipinski definition) is 2. The zero-order valence-corrected chi connectivity index (χ0v) is 19.3. The van der Waals surface area contributed by atoms with Gasteiger partial charge in [0.1, 0.15) is 0 Å². The van der Waals surface area contributed by atoms with Crippen LogP contribution in [0.15, 0.2) is 34.2 Å². The first kappa shape index (κ1) is 23.2. The normalized spacial score (nSPS) is 21.5. The van der Waals surface area contributed by atoms with Gasteiger partial charge < -0.3 is 10.6 Å². The van der Waals surface area contributed by atoms with Crippen molar-refractivity contribution < 1.29 is 8.42 Å². The molecule has 1 aromatic carbocycles. The lowest BCUT2D eigenvalue weighted by Crippen LogP contribution is -2.46. The van der Waals surface area contributed by atoms with Gasteiger partial charge in [0.05, 0.1) is 4.90 Å². The van der Waals surface area contributed by atoms with E-state index in [1.807, 2.05) is 12.1 Å². The highest BCUT2D eigenvalue weighted by atomic mass is 127. The van der Waals surface area contributed by atoms with Crippen molar-refractivity contribution in [2.45, 2.75) is 44.3 Å². The molecule has 0 aliphatic carbocycles. The van der Waals surface area contributed by atoms with E-state index in [4.69, 9.17) is 0 Å². The Morgan fingerprint density at radius 3 is 2.35 bits per heavy atom. The van der Waals surface area contributed by atoms with Gasteiger partial charge in [-0.2, -0.15) is 0 Å². The van der Waals surface area contributed by atoms with Crippen LogP contribution in [-0.4, -0.2) is 57.8 Å². The SMILES string of the molecule is CN=C(NCc1ccc(S(C)(=O)=O)cc1)NC1CN(C(C)C)CC1C.I. The summed E-state index contributed by atoms with van der Waals surface area (Å²) in [5, 5.41) is 6.81. The highest BCUT2D eigenvalue weighted by Crippen LogP contribution is 2.18. The van der Waals surface area contributed by atoms with Crippen LogP contribution in [0.5, 0.6) is 0 Å². The van der Waals surface area contributed by atoms with Crippen molar-refractivity contribution in [3.8, 4) is 0 Å². The molecule has 0 aromatic heterocycles. The minimum absolute atomic E-state index is 0. The summed E-state index contributed by atoms with van der Waals surface area (Å²) in [7, 11) is -1.39. The summed E-state index contributed by atoms with van der Waals surface area (Å²) < 4.78 is 23.0. The number of rotatable bonds is 5. The fourth-order valence-electron chi connectivity index (χ4n) is 3.02. The van der Waals surface area contributed by atoms with Crippen molar-refractivity contribution in [1.29, 1.82) is 0 Å². The van der Waals surface area contributed by atoms with Crippen LogP contribution in [0, 0.1) is 5.92 Å². The van der Waals surface area contributed by atoms with E-state index in [0.717, 1.165) is 24.6 Å². The van der Waals surface area contributed by atoms with E-state index in [-0.39, 0.29) is 24.0 Å². The summed E-state index contributed by atoms with van der Waals surface area (Å²) in [5.74, 6) is 1.34. The maximum absolute atomic E-state index is 11.5. The van der Waals surface area contributed by atoms with Crippen LogP contribution in [0.1, 0.15) is 26.3 Å². The van der Waals surface area contributed by atoms with Gasteiger partial charge in [-0.25, -0.2) is 8.42 Å². The molecule has 1 aliphatic rings. The molecule has 1 fully saturated rings. The van der Waals surface area contributed by atoms with Crippen LogP contribution in [0.25, 0.3) is 0 Å². The van der Waals surface area contributed by atoms with Crippen LogP contribution >= 0.6 is 24.0 Å². The Bertz CT molecular complexity index is 704. The fourth-order valence-corrected chi connectivity index (χ4v) is 3.65. The van der Waals surface area contributed by atoms with Gasteiger partial charge in [0.25, 0.3) is 0 Å². The predicted octanol–water partition coefficient (Wildman–Crippen LogP) is 2.10. The molecule has 2 unspecified atom stereocenters. The molecule has 0 bridgehead atoms. The molecule has 1 aliphatic heterocycles. The molecule has 8 heteroatoms. The van der Waals surface area contributed by atoms with Crippen molar-refractivity contribution in [3.05, 3.63) is 29.8 Å². The van der Waals surface area contributed by atoms with Gasteiger partial charge in [0.2, 0.25) is 0 Å². The summed E-state index contributed by atoms with van der Waals surface area (Å²) in [5.41, 5.74) is 1.01. The quantitative estimate of drug-likeness (QED) is 0.373. The average Bonchev–Trinajstić information content (AvgIpc) is 2.92. The highest BCUT2D eigenvalue weighted by Gasteiger charge is 2.31. The Morgan fingerprint density at radius 1 is 1.27 bits per heavy atom. The average molecular weight is 494 g/mol. The van der Waals surface area contributed by atoms with E-state index in [2.05, 4.69) is 41.3 Å². The van der Waals surface area contributed by atoms with Gasteiger partial charge in [-0.15, -0.1) is 24.0 Å². The number of sulfone groups is 1. The number of halogens is 1. The Kier molecular flexibility index (Phi) is 8.81. The molecule has 1 heterocycles. The Labute approximate surface area is 174 Å². The lowest BCUT2D eigenvalue weighted by atomic mass is 10.1. The lowest BCUT2D eigenvalue weighted by molar-refractivity contribution is 0.265. The van der Waals surface area contributed by atoms with E-state index in [0.29, 0.717) is 29.4 Å². The second-order valence-corrected chi connectivity index (χ2v) is 9.13. The van der Waals surface area contributed by atoms with Crippen molar-refractivity contribution >= 4 is 39.8 Å². The topological polar surface area (TPSA) is 73.8 Å². The fraction of sp³-hybridized carbons (Fsp3) is 0.611. The third-order valence-electron chi connectivity index (χ3n) is 4.73. The molecular formula is C18H31IN4O2S. The van der Waals surface area contributed by atoms with Crippen LogP contribution in [-0.2, 0) is 16.4 Å². The van der Waals surface area contributed by atoms with Crippen LogP contribution in [0.2, 0.25) is 0 Å². The zero-order valence-electron chi connectivity index (χ0n) is 16.2. The minimum Gasteiger partial charge on any atom is -0.352 e. The van der Waals surface area contributed by atoms with Gasteiger partial charge in [-0.1, -0.05) is 19.1 Å². The predicted molar refractivity (Wildman–Crippen MR) is 118 cm³/mol. The lowest BCUT2D eigenvalue weighted by Gasteiger charge is -2.22. The van der Waals surface area contributed by atoms with E-state index in [9.17, 15) is 8.42 Å². The van der Waals surface area contributed by atoms with E-state index in [1.54, 1.807) is 19.2 Å². The van der Waals surface area contributed by atoms with Crippen molar-refractivity contribution in [2.75, 3.05) is 26.4 Å². The standard InChI is InChI=1S/C18H30N4O2S.HI/c1-13(2)22-11-14(3)17(12-22)21-18(19-4)20-10-15-6-8-16(9-7-15)25(5,23)24;/h6-9,13-14,17H,10-12H2,1-5H3,(H2,19,20,21);1H. The van der Waals surface area contributed by atoms with E-state index >= 15 is 0 Å². The Balaban J connectivity index is 0.00000338. The molecule has 26 heavy (non-hydrogen) atoms. The highest BCUT2D eigenvalue weighted by molar-refractivity contribution is 14.0. The van der Waals surface area contributed by atoms with Gasteiger partial charge in [0.15, 0.2) is 15.8 Å². The van der Waals surface area contributed by atoms with Crippen LogP contribution < -0.4 is 10.6 Å². The smallest absolute Gasteiger partial charge is 0.191 e. The van der Waals surface area contributed by atoms with E-state index in [1.165, 1.54) is 6.26 Å². The van der Waals surface area contributed by atoms with Crippen molar-refractivity contribution in [3.63, 3.8) is 0 Å². The summed E-state index contributed by atoms with van der Waals surface area (Å²) in [6.07, 6.45) is 1.22. The molecule has 2 atom stereocenters. The minimum atomic E-state index is -3.15. The Hall–Kier alpha value is -0.870. The number of nitrogens with zero attached hydrogens (tertiary/aromatic N) is 2. The maximum Gasteiger partial charge on any atom is 0.191 e. The molecule has 2 N–H and O–H groups in total. The van der Waals surface area contributed by atoms with Crippen molar-refractivity contribution in [2.24, 2.45) is 10.9 Å². The molecule has 148 valence electrons. The second kappa shape index (κ2) is 9.89. The first-order valence-corrected chi connectivity index (χ1v) is 10.6. The first-order valence-electron chi connectivity index (χ1n) is 8.71. The van der Waals surface area contributed by atoms with Gasteiger partial charge >= 0.3 is 0 Å². The monoisotopic (exact) mass is 494 g/mol. The molecule has 1 aromatic rings. The van der Waals surface area contributed by atoms with E-state index < -0.39 is 9.84 Å². The number of benzene rings is 1. The molecule has 0 spiro atoms. The van der Waals surface area contributed by atoms with Crippen LogP contribution in [0.3, 0.4) is 0 Å². The molecule has 2 rings (SSSR count). The van der Waals surface area contributed by atoms with Gasteiger partial charge in [-0.3, -0.25) is 9.89 Å². The summed E-state index contributed by atoms with van der Waals surface area (Å²) >= 11 is 0. The molecule has 1 saturated heterocycles. The number of likely N-dealkylation sites (tertiary alicyclic amines) is 1. The molecule has 0 saturated carbocycles. The van der Waals surface area contributed by atoms with Gasteiger partial charge in [-0.05, 0) is 37.5 Å². The third-order valence-corrected chi connectivity index (χ3v) is 5.86. The summed E-state index contributed by atoms with van der Waals surface area (Å²) in [6, 6.07) is 7.87. The summed E-state index contributed by atoms with van der Waals surface area (Å²) in [6.45, 7) is 9.42. The second-order valence-electron chi connectivity index (χ2n) is 7.12. The van der Waals surface area contributed by atoms with Crippen LogP contribution in [0.4, 0.5) is 0 Å². The Morgan fingerprint density at radius 2 is 1.88 bits per heavy atom. The number of nitrogens with one attached hydrogen (secondary N) is 2. The maximum atomic E-state index is 11.5. The number of hydrogen-bond acceptors (Lipinski definition) is 4. The zero-order chi connectivity index (χ0) is 18.6.